The maximum Gasteiger partial charge on any atom is 0.138 e. The van der Waals surface area contributed by atoms with E-state index in [1.807, 2.05) is 4.68 Å². The van der Waals surface area contributed by atoms with Gasteiger partial charge in [-0.05, 0) is 18.9 Å². The van der Waals surface area contributed by atoms with Crippen LogP contribution in [0.25, 0.3) is 0 Å². The van der Waals surface area contributed by atoms with Crippen molar-refractivity contribution in [3.05, 3.63) is 47.5 Å². The summed E-state index contributed by atoms with van der Waals surface area (Å²) < 4.78 is 2.02. The molecule has 0 bridgehead atoms. The van der Waals surface area contributed by atoms with E-state index in [0.29, 0.717) is 0 Å². The van der Waals surface area contributed by atoms with E-state index in [1.165, 1.54) is 11.1 Å². The quantitative estimate of drug-likeness (QED) is 0.633. The Morgan fingerprint density at radius 3 is 2.38 bits per heavy atom. The highest BCUT2D eigenvalue weighted by atomic mass is 79.9. The highest BCUT2D eigenvalue weighted by Crippen LogP contribution is 2.32. The molecule has 1 heterocycles. The number of nitrogens with zero attached hydrogens (tertiary/aromatic N) is 3. The van der Waals surface area contributed by atoms with Gasteiger partial charge in [-0.2, -0.15) is 5.10 Å². The Morgan fingerprint density at radius 2 is 1.81 bits per heavy atom. The summed E-state index contributed by atoms with van der Waals surface area (Å²) in [6, 6.07) is 8.79. The fourth-order valence-electron chi connectivity index (χ4n) is 2.42. The maximum atomic E-state index is 4.47. The lowest BCUT2D eigenvalue weighted by molar-refractivity contribution is 0.489. The molecule has 1 aromatic carbocycles. The van der Waals surface area contributed by atoms with Gasteiger partial charge in [0.15, 0.2) is 0 Å². The van der Waals surface area contributed by atoms with Crippen molar-refractivity contribution in [1.29, 1.82) is 0 Å². The third-order valence-corrected chi connectivity index (χ3v) is 5.95. The topological polar surface area (TPSA) is 30.7 Å². The van der Waals surface area contributed by atoms with Crippen LogP contribution >= 0.6 is 31.9 Å². The van der Waals surface area contributed by atoms with Gasteiger partial charge in [0.1, 0.15) is 12.2 Å². The van der Waals surface area contributed by atoms with E-state index >= 15 is 0 Å². The normalized spacial score (nSPS) is 11.8. The molecule has 0 aliphatic heterocycles. The van der Waals surface area contributed by atoms with E-state index in [-0.39, 0.29) is 5.41 Å². The number of hydrogen-bond donors (Lipinski definition) is 0. The van der Waals surface area contributed by atoms with Gasteiger partial charge in [-0.1, -0.05) is 68.6 Å². The predicted molar refractivity (Wildman–Crippen MR) is 94.5 cm³/mol. The minimum Gasteiger partial charge on any atom is -0.250 e. The Kier molecular flexibility index (Phi) is 5.99. The minimum atomic E-state index is -0.00771. The summed E-state index contributed by atoms with van der Waals surface area (Å²) in [5.74, 6) is 1.05. The molecule has 0 fully saturated rings. The maximum absolute atomic E-state index is 4.47. The molecule has 114 valence electrons. The van der Waals surface area contributed by atoms with Crippen LogP contribution < -0.4 is 0 Å². The molecule has 0 unspecified atom stereocenters. The van der Waals surface area contributed by atoms with Gasteiger partial charge in [0.2, 0.25) is 0 Å². The second-order valence-electron chi connectivity index (χ2n) is 5.49. The van der Waals surface area contributed by atoms with Crippen LogP contribution in [0.15, 0.2) is 30.6 Å². The summed E-state index contributed by atoms with van der Waals surface area (Å²) >= 11 is 7.42. The van der Waals surface area contributed by atoms with E-state index < -0.39 is 0 Å². The molecule has 0 atom stereocenters. The van der Waals surface area contributed by atoms with Crippen LogP contribution in [0.4, 0.5) is 0 Å². The summed E-state index contributed by atoms with van der Waals surface area (Å²) in [6.45, 7) is 5.20. The molecule has 5 heteroatoms. The third-order valence-electron chi connectivity index (χ3n) is 3.80. The first-order chi connectivity index (χ1) is 10.1. The molecule has 21 heavy (non-hydrogen) atoms. The van der Waals surface area contributed by atoms with Crippen molar-refractivity contribution in [2.75, 3.05) is 10.7 Å². The predicted octanol–water partition coefficient (Wildman–Crippen LogP) is 4.27. The second-order valence-corrected chi connectivity index (χ2v) is 6.61. The van der Waals surface area contributed by atoms with Crippen molar-refractivity contribution in [3.63, 3.8) is 0 Å². The largest absolute Gasteiger partial charge is 0.250 e. The zero-order chi connectivity index (χ0) is 15.3. The fourth-order valence-corrected chi connectivity index (χ4v) is 4.39. The van der Waals surface area contributed by atoms with Crippen molar-refractivity contribution >= 4 is 31.9 Å². The lowest BCUT2D eigenvalue weighted by Gasteiger charge is -2.30. The van der Waals surface area contributed by atoms with Gasteiger partial charge >= 0.3 is 0 Å². The Labute approximate surface area is 143 Å². The van der Waals surface area contributed by atoms with E-state index in [1.54, 1.807) is 6.33 Å². The van der Waals surface area contributed by atoms with Crippen molar-refractivity contribution in [1.82, 2.24) is 14.8 Å². The zero-order valence-electron chi connectivity index (χ0n) is 12.5. The van der Waals surface area contributed by atoms with Crippen LogP contribution in [0.3, 0.4) is 0 Å². The SMILES string of the molecule is CCCn1ncnc1CC(CBr)(CBr)c1ccc(C)cc1. The molecule has 3 nitrogen and oxygen atoms in total. The smallest absolute Gasteiger partial charge is 0.138 e. The Hall–Kier alpha value is -0.680. The average molecular weight is 415 g/mol. The molecule has 0 saturated heterocycles. The second kappa shape index (κ2) is 7.54. The van der Waals surface area contributed by atoms with Crippen molar-refractivity contribution in [2.45, 2.75) is 38.6 Å². The van der Waals surface area contributed by atoms with Crippen molar-refractivity contribution in [2.24, 2.45) is 0 Å². The van der Waals surface area contributed by atoms with Gasteiger partial charge in [-0.3, -0.25) is 4.68 Å². The number of hydrogen-bond acceptors (Lipinski definition) is 2. The van der Waals surface area contributed by atoms with E-state index in [9.17, 15) is 0 Å². The average Bonchev–Trinajstić information content (AvgIpc) is 2.93. The number of aryl methyl sites for hydroxylation is 2. The molecule has 2 rings (SSSR count). The number of halogens is 2. The summed E-state index contributed by atoms with van der Waals surface area (Å²) in [5, 5.41) is 6.11. The van der Waals surface area contributed by atoms with Crippen molar-refractivity contribution in [3.8, 4) is 0 Å². The first-order valence-electron chi connectivity index (χ1n) is 7.21. The van der Waals surface area contributed by atoms with Gasteiger partial charge in [0, 0.05) is 29.0 Å². The molecule has 0 aliphatic rings. The Bertz CT molecular complexity index is 559. The van der Waals surface area contributed by atoms with Gasteiger partial charge in [-0.25, -0.2) is 4.98 Å². The molecule has 0 amide bonds. The summed E-state index contributed by atoms with van der Waals surface area (Å²) in [4.78, 5) is 4.47. The highest BCUT2D eigenvalue weighted by Gasteiger charge is 2.32. The number of benzene rings is 1. The molecular formula is C16H21Br2N3. The van der Waals surface area contributed by atoms with Crippen LogP contribution in [0.5, 0.6) is 0 Å². The van der Waals surface area contributed by atoms with Crippen LogP contribution in [0.2, 0.25) is 0 Å². The summed E-state index contributed by atoms with van der Waals surface area (Å²) in [5.41, 5.74) is 2.60. The third kappa shape index (κ3) is 3.75. The first kappa shape index (κ1) is 16.7. The summed E-state index contributed by atoms with van der Waals surface area (Å²) in [6.07, 6.45) is 3.59. The standard InChI is InChI=1S/C16H21Br2N3/c1-3-8-21-15(19-12-20-21)9-16(10-17,11-18)14-6-4-13(2)5-7-14/h4-7,12H,3,8-11H2,1-2H3. The zero-order valence-corrected chi connectivity index (χ0v) is 15.7. The molecule has 0 spiro atoms. The lowest BCUT2D eigenvalue weighted by Crippen LogP contribution is -2.34. The fraction of sp³-hybridized carbons (Fsp3) is 0.500. The first-order valence-corrected chi connectivity index (χ1v) is 9.45. The lowest BCUT2D eigenvalue weighted by atomic mass is 9.81. The summed E-state index contributed by atoms with van der Waals surface area (Å²) in [7, 11) is 0. The van der Waals surface area contributed by atoms with E-state index in [2.05, 4.69) is 80.1 Å². The minimum absolute atomic E-state index is 0.00771. The Balaban J connectivity index is 2.33. The molecule has 0 radical (unpaired) electrons. The van der Waals surface area contributed by atoms with Gasteiger partial charge < -0.3 is 0 Å². The van der Waals surface area contributed by atoms with Gasteiger partial charge in [-0.15, -0.1) is 0 Å². The Morgan fingerprint density at radius 1 is 1.14 bits per heavy atom. The van der Waals surface area contributed by atoms with Gasteiger partial charge in [0.05, 0.1) is 0 Å². The van der Waals surface area contributed by atoms with Crippen LogP contribution in [0.1, 0.15) is 30.3 Å². The van der Waals surface area contributed by atoms with E-state index in [4.69, 9.17) is 0 Å². The molecule has 0 N–H and O–H groups in total. The van der Waals surface area contributed by atoms with Crippen LogP contribution in [0, 0.1) is 6.92 Å². The highest BCUT2D eigenvalue weighted by molar-refractivity contribution is 9.09. The number of alkyl halides is 2. The van der Waals surface area contributed by atoms with Crippen molar-refractivity contribution < 1.29 is 0 Å². The van der Waals surface area contributed by atoms with Crippen LogP contribution in [-0.2, 0) is 18.4 Å². The molecule has 2 aromatic rings. The molecule has 0 saturated carbocycles. The molecular weight excluding hydrogens is 394 g/mol. The number of aromatic nitrogens is 3. The van der Waals surface area contributed by atoms with Crippen LogP contribution in [-0.4, -0.2) is 25.4 Å². The molecule has 1 aromatic heterocycles. The van der Waals surface area contributed by atoms with E-state index in [0.717, 1.165) is 35.9 Å². The number of rotatable bonds is 7. The monoisotopic (exact) mass is 413 g/mol. The molecule has 0 aliphatic carbocycles. The van der Waals surface area contributed by atoms with Gasteiger partial charge in [0.25, 0.3) is 0 Å².